The van der Waals surface area contributed by atoms with Crippen molar-refractivity contribution in [2.75, 3.05) is 9.80 Å². The van der Waals surface area contributed by atoms with Crippen molar-refractivity contribution in [3.05, 3.63) is 296 Å². The van der Waals surface area contributed by atoms with Gasteiger partial charge in [-0.1, -0.05) is 198 Å². The Balaban J connectivity index is 1.26. The number of hydrogen-bond donors (Lipinski definition) is 0. The maximum absolute atomic E-state index is 2.60. The zero-order chi connectivity index (χ0) is 45.8. The molecular formula is C64H50N2S2. The molecule has 0 saturated carbocycles. The van der Waals surface area contributed by atoms with Gasteiger partial charge in [0.1, 0.15) is 10.0 Å². The van der Waals surface area contributed by atoms with Crippen LogP contribution in [-0.2, 0) is 21.7 Å². The lowest BCUT2D eigenvalue weighted by atomic mass is 9.48. The van der Waals surface area contributed by atoms with E-state index in [1.54, 1.807) is 0 Å². The van der Waals surface area contributed by atoms with E-state index in [0.29, 0.717) is 0 Å². The first-order valence-electron chi connectivity index (χ1n) is 23.8. The van der Waals surface area contributed by atoms with Gasteiger partial charge in [0.05, 0.1) is 10.8 Å². The normalized spacial score (nSPS) is 15.8. The van der Waals surface area contributed by atoms with Crippen LogP contribution < -0.4 is 9.80 Å². The maximum Gasteiger partial charge on any atom is 0.101 e. The highest BCUT2D eigenvalue weighted by Gasteiger charge is 2.62. The van der Waals surface area contributed by atoms with Gasteiger partial charge >= 0.3 is 0 Å². The van der Waals surface area contributed by atoms with E-state index in [-0.39, 0.29) is 10.8 Å². The molecule has 0 bridgehead atoms. The first-order valence-corrected chi connectivity index (χ1v) is 25.4. The molecule has 0 atom stereocenters. The van der Waals surface area contributed by atoms with E-state index in [9.17, 15) is 0 Å². The van der Waals surface area contributed by atoms with Crippen molar-refractivity contribution in [1.82, 2.24) is 0 Å². The van der Waals surface area contributed by atoms with Crippen LogP contribution in [0, 0.1) is 0 Å². The summed E-state index contributed by atoms with van der Waals surface area (Å²) in [5.41, 5.74) is 16.3. The van der Waals surface area contributed by atoms with E-state index in [0.717, 1.165) is 22.7 Å². The van der Waals surface area contributed by atoms with Crippen LogP contribution in [0.4, 0.5) is 32.8 Å². The average Bonchev–Trinajstić information content (AvgIpc) is 4.03. The summed E-state index contributed by atoms with van der Waals surface area (Å²) < 4.78 is 0. The molecule has 3 aliphatic carbocycles. The minimum absolute atomic E-state index is 0.249. The molecule has 3 aliphatic rings. The number of hydrogen-bond acceptors (Lipinski definition) is 4. The van der Waals surface area contributed by atoms with E-state index in [1.807, 2.05) is 22.7 Å². The summed E-state index contributed by atoms with van der Waals surface area (Å²) in [6.07, 6.45) is 0. The topological polar surface area (TPSA) is 6.48 Å². The molecule has 4 heteroatoms. The van der Waals surface area contributed by atoms with Crippen molar-refractivity contribution in [1.29, 1.82) is 0 Å². The van der Waals surface area contributed by atoms with Crippen molar-refractivity contribution in [3.8, 4) is 0 Å². The van der Waals surface area contributed by atoms with Gasteiger partial charge in [-0.25, -0.2) is 0 Å². The summed E-state index contributed by atoms with van der Waals surface area (Å²) in [5.74, 6) is 0. The summed E-state index contributed by atoms with van der Waals surface area (Å²) >= 11 is 3.95. The molecule has 0 amide bonds. The van der Waals surface area contributed by atoms with Gasteiger partial charge in [-0.2, -0.15) is 0 Å². The molecule has 0 radical (unpaired) electrons. The van der Waals surface area contributed by atoms with Gasteiger partial charge in [0.25, 0.3) is 0 Å². The van der Waals surface area contributed by atoms with Crippen molar-refractivity contribution in [2.24, 2.45) is 0 Å². The number of para-hydroxylation sites is 4. The summed E-state index contributed by atoms with van der Waals surface area (Å²) in [5, 5.41) is 2.38. The van der Waals surface area contributed by atoms with Crippen LogP contribution in [0.15, 0.2) is 231 Å². The lowest BCUT2D eigenvalue weighted by Crippen LogP contribution is -2.50. The Kier molecular flexibility index (Phi) is 9.12. The molecule has 8 aromatic carbocycles. The van der Waals surface area contributed by atoms with Crippen LogP contribution in [0.25, 0.3) is 0 Å². The Morgan fingerprint density at radius 1 is 0.265 bits per heavy atom. The number of benzene rings is 8. The van der Waals surface area contributed by atoms with Gasteiger partial charge in [-0.05, 0) is 116 Å². The monoisotopic (exact) mass is 910 g/mol. The van der Waals surface area contributed by atoms with Crippen LogP contribution in [0.3, 0.4) is 0 Å². The number of anilines is 6. The van der Waals surface area contributed by atoms with Gasteiger partial charge in [-0.15, -0.1) is 22.7 Å². The van der Waals surface area contributed by atoms with Gasteiger partial charge in [0.15, 0.2) is 0 Å². The molecule has 0 saturated heterocycles. The van der Waals surface area contributed by atoms with E-state index in [2.05, 4.69) is 268 Å². The lowest BCUT2D eigenvalue weighted by Gasteiger charge is -2.55. The molecular weight excluding hydrogens is 861 g/mol. The third-order valence-corrected chi connectivity index (χ3v) is 17.9. The van der Waals surface area contributed by atoms with Crippen LogP contribution in [0.2, 0.25) is 0 Å². The summed E-state index contributed by atoms with van der Waals surface area (Å²) in [7, 11) is 0. The zero-order valence-corrected chi connectivity index (χ0v) is 40.3. The highest BCUT2D eigenvalue weighted by molar-refractivity contribution is 7.18. The molecule has 328 valence electrons. The van der Waals surface area contributed by atoms with Gasteiger partial charge in [-0.3, -0.25) is 0 Å². The third-order valence-electron chi connectivity index (χ3n) is 15.4. The molecule has 2 heterocycles. The maximum atomic E-state index is 2.60. The fraction of sp³-hybridized carbons (Fsp3) is 0.125. The molecule has 0 unspecified atom stereocenters. The zero-order valence-electron chi connectivity index (χ0n) is 38.7. The Labute approximate surface area is 408 Å². The number of rotatable bonds is 6. The van der Waals surface area contributed by atoms with Gasteiger partial charge in [0.2, 0.25) is 0 Å². The Morgan fingerprint density at radius 2 is 0.485 bits per heavy atom. The molecule has 13 rings (SSSR count). The summed E-state index contributed by atoms with van der Waals surface area (Å²) in [6.45, 7) is 9.71. The Bertz CT molecular complexity index is 3070. The highest BCUT2D eigenvalue weighted by Crippen LogP contribution is 2.71. The fourth-order valence-corrected chi connectivity index (χ4v) is 15.5. The number of thiophene rings is 2. The third kappa shape index (κ3) is 5.50. The van der Waals surface area contributed by atoms with Crippen LogP contribution >= 0.6 is 22.7 Å². The van der Waals surface area contributed by atoms with Gasteiger partial charge in [0, 0.05) is 43.3 Å². The molecule has 10 aromatic rings. The molecule has 0 aliphatic heterocycles. The number of fused-ring (bicyclic) bond motifs is 14. The predicted molar refractivity (Wildman–Crippen MR) is 286 cm³/mol. The van der Waals surface area contributed by atoms with Crippen molar-refractivity contribution in [3.63, 3.8) is 0 Å². The van der Waals surface area contributed by atoms with Crippen LogP contribution in [-0.4, -0.2) is 0 Å². The second-order valence-corrected chi connectivity index (χ2v) is 21.7. The fourth-order valence-electron chi connectivity index (χ4n) is 12.5. The largest absolute Gasteiger partial charge is 0.302 e. The Morgan fingerprint density at radius 3 is 0.735 bits per heavy atom. The van der Waals surface area contributed by atoms with Crippen molar-refractivity contribution >= 4 is 55.4 Å². The molecule has 68 heavy (non-hydrogen) atoms. The van der Waals surface area contributed by atoms with E-state index < -0.39 is 10.8 Å². The average molecular weight is 911 g/mol. The molecule has 2 aromatic heterocycles. The van der Waals surface area contributed by atoms with Crippen molar-refractivity contribution < 1.29 is 0 Å². The predicted octanol–water partition coefficient (Wildman–Crippen LogP) is 17.1. The van der Waals surface area contributed by atoms with Crippen molar-refractivity contribution in [2.45, 2.75) is 49.4 Å². The SMILES string of the molecule is CC1(C)c2ccccc2C2(c3ccccc31)c1cc(N(c3ccccc3)c3ccccc3)sc1C1(c3ccccc3C(C)(C)c3ccccc31)c1cc(N(c3ccccc3)c3ccccc3)sc12. The molecule has 2 nitrogen and oxygen atoms in total. The molecule has 2 spiro atoms. The summed E-state index contributed by atoms with van der Waals surface area (Å²) in [6, 6.07) is 86.6. The minimum atomic E-state index is -0.675. The van der Waals surface area contributed by atoms with Gasteiger partial charge < -0.3 is 9.80 Å². The second-order valence-electron chi connectivity index (χ2n) is 19.6. The Hall–Kier alpha value is -7.24. The first-order chi connectivity index (χ1) is 33.3. The molecule has 0 fully saturated rings. The number of nitrogens with zero attached hydrogens (tertiary/aromatic N) is 2. The first kappa shape index (κ1) is 41.0. The highest BCUT2D eigenvalue weighted by atomic mass is 32.1. The quantitative estimate of drug-likeness (QED) is 0.164. The van der Waals surface area contributed by atoms with Crippen LogP contribution in [0.1, 0.15) is 93.1 Å². The van der Waals surface area contributed by atoms with E-state index in [1.165, 1.54) is 75.4 Å². The minimum Gasteiger partial charge on any atom is -0.302 e. The standard InChI is InChI=1S/C64H50N2S2/c1-61(2)47-33-17-21-37-51(47)63(52-38-22-18-34-48(52)61)55-41-57(65(43-25-9-5-10-26-43)44-27-11-6-12-28-44)68-60(55)64(53-39-23-19-35-49(53)62(3,4)50-36-20-24-40-54(50)64)56-42-58(67-59(56)63)66(45-29-13-7-14-30-45)46-31-15-8-16-32-46/h5-42H,1-4H3. The second kappa shape index (κ2) is 15.1. The molecule has 0 N–H and O–H groups in total. The lowest BCUT2D eigenvalue weighted by molar-refractivity contribution is 0.522. The van der Waals surface area contributed by atoms with E-state index in [4.69, 9.17) is 0 Å². The summed E-state index contributed by atoms with van der Waals surface area (Å²) in [4.78, 5) is 7.72. The van der Waals surface area contributed by atoms with Crippen LogP contribution in [0.5, 0.6) is 0 Å². The smallest absolute Gasteiger partial charge is 0.101 e. The van der Waals surface area contributed by atoms with E-state index >= 15 is 0 Å².